The van der Waals surface area contributed by atoms with E-state index in [1.807, 2.05) is 24.3 Å². The number of nitrogens with zero attached hydrogens (tertiary/aromatic N) is 2. The molecule has 30 heavy (non-hydrogen) atoms. The van der Waals surface area contributed by atoms with Crippen LogP contribution >= 0.6 is 23.4 Å². The molecule has 2 aromatic rings. The molecular weight excluding hydrogens is 450 g/mol. The summed E-state index contributed by atoms with van der Waals surface area (Å²) in [5.74, 6) is 0.813. The first kappa shape index (κ1) is 24.0. The molecule has 0 aliphatic rings. The first-order valence-corrected chi connectivity index (χ1v) is 12.3. The Bertz CT molecular complexity index is 1030. The highest BCUT2D eigenvalue weighted by molar-refractivity contribution is 7.98. The third-order valence-corrected chi connectivity index (χ3v) is 6.65. The average Bonchev–Trinajstić information content (AvgIpc) is 2.67. The Morgan fingerprint density at radius 3 is 2.60 bits per heavy atom. The number of hydrogen-bond acceptors (Lipinski definition) is 6. The van der Waals surface area contributed by atoms with Gasteiger partial charge in [0.15, 0.2) is 0 Å². The highest BCUT2D eigenvalue weighted by Gasteiger charge is 2.24. The SMILES string of the molecule is Cc1ccc([N+](=O)[O-])cc1N(CC(=O)NCCSCc1ccccc1Cl)S(C)(=O)=O. The summed E-state index contributed by atoms with van der Waals surface area (Å²) in [5.41, 5.74) is 1.37. The Morgan fingerprint density at radius 1 is 1.27 bits per heavy atom. The van der Waals surface area contributed by atoms with Crippen LogP contribution in [0.2, 0.25) is 5.02 Å². The molecular formula is C19H22ClN3O5S2. The summed E-state index contributed by atoms with van der Waals surface area (Å²) >= 11 is 7.69. The predicted molar refractivity (Wildman–Crippen MR) is 121 cm³/mol. The maximum absolute atomic E-state index is 12.3. The van der Waals surface area contributed by atoms with Crippen LogP contribution in [0.15, 0.2) is 42.5 Å². The van der Waals surface area contributed by atoms with Crippen molar-refractivity contribution >= 4 is 50.7 Å². The van der Waals surface area contributed by atoms with Gasteiger partial charge in [-0.25, -0.2) is 8.42 Å². The van der Waals surface area contributed by atoms with Gasteiger partial charge in [-0.2, -0.15) is 11.8 Å². The summed E-state index contributed by atoms with van der Waals surface area (Å²) in [6, 6.07) is 11.4. The molecule has 8 nitrogen and oxygen atoms in total. The minimum Gasteiger partial charge on any atom is -0.354 e. The van der Waals surface area contributed by atoms with Crippen LogP contribution in [0.5, 0.6) is 0 Å². The molecule has 0 saturated carbocycles. The zero-order valence-corrected chi connectivity index (χ0v) is 18.9. The van der Waals surface area contributed by atoms with Crippen LogP contribution in [-0.4, -0.2) is 44.3 Å². The fourth-order valence-corrected chi connectivity index (χ4v) is 4.66. The summed E-state index contributed by atoms with van der Waals surface area (Å²) < 4.78 is 25.3. The zero-order valence-electron chi connectivity index (χ0n) is 16.5. The number of rotatable bonds is 10. The van der Waals surface area contributed by atoms with E-state index in [0.29, 0.717) is 28.6 Å². The van der Waals surface area contributed by atoms with Crippen LogP contribution in [0, 0.1) is 17.0 Å². The second kappa shape index (κ2) is 10.6. The molecule has 0 aliphatic heterocycles. The normalized spacial score (nSPS) is 11.2. The Labute approximate surface area is 184 Å². The molecule has 0 bridgehead atoms. The van der Waals surface area contributed by atoms with Gasteiger partial charge in [0.1, 0.15) is 6.54 Å². The number of nitro benzene ring substituents is 1. The van der Waals surface area contributed by atoms with Gasteiger partial charge in [-0.1, -0.05) is 35.9 Å². The molecule has 0 aliphatic carbocycles. The fraction of sp³-hybridized carbons (Fsp3) is 0.316. The van der Waals surface area contributed by atoms with E-state index in [-0.39, 0.29) is 11.4 Å². The topological polar surface area (TPSA) is 110 Å². The molecule has 0 spiro atoms. The Morgan fingerprint density at radius 2 is 1.97 bits per heavy atom. The average molecular weight is 472 g/mol. The van der Waals surface area contributed by atoms with Crippen LogP contribution < -0.4 is 9.62 Å². The highest BCUT2D eigenvalue weighted by atomic mass is 35.5. The molecule has 0 aromatic heterocycles. The second-order valence-electron chi connectivity index (χ2n) is 6.49. The van der Waals surface area contributed by atoms with Crippen molar-refractivity contribution in [3.05, 3.63) is 68.7 Å². The van der Waals surface area contributed by atoms with Crippen molar-refractivity contribution < 1.29 is 18.1 Å². The van der Waals surface area contributed by atoms with E-state index in [4.69, 9.17) is 11.6 Å². The molecule has 11 heteroatoms. The number of non-ortho nitro benzene ring substituents is 1. The van der Waals surface area contributed by atoms with Crippen molar-refractivity contribution in [2.24, 2.45) is 0 Å². The van der Waals surface area contributed by atoms with Gasteiger partial charge in [0.2, 0.25) is 15.9 Å². The van der Waals surface area contributed by atoms with Gasteiger partial charge in [-0.15, -0.1) is 0 Å². The number of sulfonamides is 1. The van der Waals surface area contributed by atoms with Crippen LogP contribution in [0.3, 0.4) is 0 Å². The molecule has 1 N–H and O–H groups in total. The third-order valence-electron chi connectivity index (χ3n) is 4.14. The minimum absolute atomic E-state index is 0.106. The summed E-state index contributed by atoms with van der Waals surface area (Å²) in [5, 5.41) is 14.4. The molecule has 1 amide bonds. The van der Waals surface area contributed by atoms with E-state index in [0.717, 1.165) is 22.2 Å². The fourth-order valence-electron chi connectivity index (χ4n) is 2.61. The third kappa shape index (κ3) is 6.89. The van der Waals surface area contributed by atoms with Gasteiger partial charge < -0.3 is 5.32 Å². The standard InChI is InChI=1S/C19H22ClN3O5S2/c1-14-7-8-16(23(25)26)11-18(14)22(30(2,27)28)12-19(24)21-9-10-29-13-15-5-3-4-6-17(15)20/h3-8,11H,9-10,12-13H2,1-2H3,(H,21,24). The number of halogens is 1. The van der Waals surface area contributed by atoms with Crippen LogP contribution in [0.1, 0.15) is 11.1 Å². The lowest BCUT2D eigenvalue weighted by Gasteiger charge is -2.23. The number of nitrogens with one attached hydrogen (secondary N) is 1. The smallest absolute Gasteiger partial charge is 0.271 e. The minimum atomic E-state index is -3.82. The lowest BCUT2D eigenvalue weighted by Crippen LogP contribution is -2.41. The van der Waals surface area contributed by atoms with Crippen molar-refractivity contribution in [1.82, 2.24) is 5.32 Å². The van der Waals surface area contributed by atoms with Crippen LogP contribution in [0.25, 0.3) is 0 Å². The van der Waals surface area contributed by atoms with Crippen molar-refractivity contribution in [2.45, 2.75) is 12.7 Å². The molecule has 0 fully saturated rings. The molecule has 0 unspecified atom stereocenters. The molecule has 0 saturated heterocycles. The first-order chi connectivity index (χ1) is 14.1. The summed E-state index contributed by atoms with van der Waals surface area (Å²) in [6.45, 7) is 1.51. The summed E-state index contributed by atoms with van der Waals surface area (Å²) in [6.07, 6.45) is 0.956. The first-order valence-electron chi connectivity index (χ1n) is 8.90. The maximum Gasteiger partial charge on any atom is 0.271 e. The Balaban J connectivity index is 1.96. The van der Waals surface area contributed by atoms with Gasteiger partial charge in [0.25, 0.3) is 5.69 Å². The van der Waals surface area contributed by atoms with Crippen molar-refractivity contribution in [2.75, 3.05) is 29.4 Å². The molecule has 2 rings (SSSR count). The van der Waals surface area contributed by atoms with E-state index in [2.05, 4.69) is 5.32 Å². The molecule has 0 atom stereocenters. The largest absolute Gasteiger partial charge is 0.354 e. The van der Waals surface area contributed by atoms with Gasteiger partial charge in [-0.05, 0) is 24.1 Å². The monoisotopic (exact) mass is 471 g/mol. The summed E-state index contributed by atoms with van der Waals surface area (Å²) in [7, 11) is -3.82. The molecule has 0 heterocycles. The number of amides is 1. The van der Waals surface area contributed by atoms with Gasteiger partial charge in [-0.3, -0.25) is 19.2 Å². The van der Waals surface area contributed by atoms with Gasteiger partial charge in [0, 0.05) is 35.2 Å². The quantitative estimate of drug-likeness (QED) is 0.323. The maximum atomic E-state index is 12.3. The van der Waals surface area contributed by atoms with E-state index < -0.39 is 27.4 Å². The van der Waals surface area contributed by atoms with Gasteiger partial charge >= 0.3 is 0 Å². The van der Waals surface area contributed by atoms with Crippen molar-refractivity contribution in [1.29, 1.82) is 0 Å². The number of thioether (sulfide) groups is 1. The van der Waals surface area contributed by atoms with Gasteiger partial charge in [0.05, 0.1) is 16.9 Å². The van der Waals surface area contributed by atoms with Crippen LogP contribution in [0.4, 0.5) is 11.4 Å². The van der Waals surface area contributed by atoms with E-state index in [1.165, 1.54) is 12.1 Å². The number of hydrogen-bond donors (Lipinski definition) is 1. The van der Waals surface area contributed by atoms with Crippen molar-refractivity contribution in [3.63, 3.8) is 0 Å². The lowest BCUT2D eigenvalue weighted by atomic mass is 10.2. The Kier molecular flexibility index (Phi) is 8.51. The number of carbonyl (C=O) groups is 1. The lowest BCUT2D eigenvalue weighted by molar-refractivity contribution is -0.384. The van der Waals surface area contributed by atoms with Crippen molar-refractivity contribution in [3.8, 4) is 0 Å². The van der Waals surface area contributed by atoms with E-state index in [1.54, 1.807) is 18.7 Å². The summed E-state index contributed by atoms with van der Waals surface area (Å²) in [4.78, 5) is 22.7. The molecule has 0 radical (unpaired) electrons. The number of aryl methyl sites for hydroxylation is 1. The number of nitro groups is 1. The number of anilines is 1. The van der Waals surface area contributed by atoms with E-state index in [9.17, 15) is 23.3 Å². The Hall–Kier alpha value is -2.30. The predicted octanol–water partition coefficient (Wildman–Crippen LogP) is 3.37. The number of carbonyl (C=O) groups excluding carboxylic acids is 1. The molecule has 2 aromatic carbocycles. The highest BCUT2D eigenvalue weighted by Crippen LogP contribution is 2.27. The second-order valence-corrected chi connectivity index (χ2v) is 9.91. The van der Waals surface area contributed by atoms with E-state index >= 15 is 0 Å². The van der Waals surface area contributed by atoms with Crippen LogP contribution in [-0.2, 0) is 20.6 Å². The zero-order chi connectivity index (χ0) is 22.3. The molecule has 162 valence electrons. The number of benzene rings is 2.